The van der Waals surface area contributed by atoms with Crippen LogP contribution in [0.25, 0.3) is 0 Å². The number of rotatable bonds is 7. The molecule has 2 heteroatoms. The van der Waals surface area contributed by atoms with Crippen LogP contribution in [-0.4, -0.2) is 11.7 Å². The molecular formula is C18H29NO. The molecular weight excluding hydrogens is 246 g/mol. The van der Waals surface area contributed by atoms with E-state index in [9.17, 15) is 5.11 Å². The molecule has 0 amide bonds. The van der Waals surface area contributed by atoms with Crippen LogP contribution in [0.5, 0.6) is 0 Å². The van der Waals surface area contributed by atoms with Crippen molar-refractivity contribution >= 4 is 0 Å². The molecule has 0 bridgehead atoms. The zero-order valence-corrected chi connectivity index (χ0v) is 12.6. The summed E-state index contributed by atoms with van der Waals surface area (Å²) in [6.07, 6.45) is 12.3. The summed E-state index contributed by atoms with van der Waals surface area (Å²) in [6.45, 7) is 0.0269. The standard InChI is InChI=1S/C18H29NO/c19-18(14-20)17-13-7-6-12-16(17)11-5-4-10-15-8-2-1-3-9-15/h6-7,12-13,15,18,20H,1-5,8-11,14,19H2. The van der Waals surface area contributed by atoms with Gasteiger partial charge in [0, 0.05) is 0 Å². The summed E-state index contributed by atoms with van der Waals surface area (Å²) < 4.78 is 0. The normalized spacial score (nSPS) is 18.1. The van der Waals surface area contributed by atoms with E-state index in [1.165, 1.54) is 56.9 Å². The highest BCUT2D eigenvalue weighted by Crippen LogP contribution is 2.28. The van der Waals surface area contributed by atoms with Gasteiger partial charge in [-0.15, -0.1) is 0 Å². The average Bonchev–Trinajstić information content (AvgIpc) is 2.52. The zero-order valence-electron chi connectivity index (χ0n) is 12.6. The Morgan fingerprint density at radius 2 is 1.85 bits per heavy atom. The number of aliphatic hydroxyl groups excluding tert-OH is 1. The number of unbranched alkanes of at least 4 members (excludes halogenated alkanes) is 1. The summed E-state index contributed by atoms with van der Waals surface area (Å²) in [6, 6.07) is 8.06. The molecule has 1 aliphatic carbocycles. The second-order valence-corrected chi connectivity index (χ2v) is 6.24. The highest BCUT2D eigenvalue weighted by molar-refractivity contribution is 5.30. The average molecular weight is 275 g/mol. The van der Waals surface area contributed by atoms with E-state index in [4.69, 9.17) is 5.73 Å². The van der Waals surface area contributed by atoms with Crippen LogP contribution in [0.15, 0.2) is 24.3 Å². The highest BCUT2D eigenvalue weighted by Gasteiger charge is 2.13. The third kappa shape index (κ3) is 4.60. The van der Waals surface area contributed by atoms with E-state index in [1.807, 2.05) is 6.07 Å². The fourth-order valence-electron chi connectivity index (χ4n) is 3.45. The summed E-state index contributed by atoms with van der Waals surface area (Å²) in [5.74, 6) is 0.985. The van der Waals surface area contributed by atoms with Crippen molar-refractivity contribution in [3.05, 3.63) is 35.4 Å². The minimum Gasteiger partial charge on any atom is -0.394 e. The Balaban J connectivity index is 1.76. The summed E-state index contributed by atoms with van der Waals surface area (Å²) in [4.78, 5) is 0. The van der Waals surface area contributed by atoms with Gasteiger partial charge in [0.05, 0.1) is 12.6 Å². The molecule has 0 saturated heterocycles. The summed E-state index contributed by atoms with van der Waals surface area (Å²) in [5.41, 5.74) is 8.40. The SMILES string of the molecule is NC(CO)c1ccccc1CCCCC1CCCCC1. The van der Waals surface area contributed by atoms with Crippen LogP contribution in [0, 0.1) is 5.92 Å². The molecule has 1 unspecified atom stereocenters. The molecule has 2 nitrogen and oxygen atoms in total. The lowest BCUT2D eigenvalue weighted by molar-refractivity contribution is 0.267. The Kier molecular flexibility index (Phi) is 6.55. The maximum Gasteiger partial charge on any atom is 0.0624 e. The first kappa shape index (κ1) is 15.5. The summed E-state index contributed by atoms with van der Waals surface area (Å²) in [7, 11) is 0. The predicted molar refractivity (Wildman–Crippen MR) is 84.6 cm³/mol. The van der Waals surface area contributed by atoms with E-state index in [-0.39, 0.29) is 12.6 Å². The Morgan fingerprint density at radius 3 is 2.60 bits per heavy atom. The molecule has 2 rings (SSSR count). The number of benzene rings is 1. The number of aliphatic hydroxyl groups is 1. The molecule has 0 radical (unpaired) electrons. The van der Waals surface area contributed by atoms with Crippen molar-refractivity contribution in [1.29, 1.82) is 0 Å². The minimum atomic E-state index is -0.232. The molecule has 20 heavy (non-hydrogen) atoms. The van der Waals surface area contributed by atoms with E-state index >= 15 is 0 Å². The number of hydrogen-bond donors (Lipinski definition) is 2. The lowest BCUT2D eigenvalue weighted by Gasteiger charge is -2.21. The fraction of sp³-hybridized carbons (Fsp3) is 0.667. The smallest absolute Gasteiger partial charge is 0.0624 e. The monoisotopic (exact) mass is 275 g/mol. The van der Waals surface area contributed by atoms with Crippen LogP contribution in [-0.2, 0) is 6.42 Å². The molecule has 0 spiro atoms. The van der Waals surface area contributed by atoms with Crippen LogP contribution in [0.4, 0.5) is 0 Å². The first-order chi connectivity index (χ1) is 9.81. The lowest BCUT2D eigenvalue weighted by Crippen LogP contribution is -2.16. The highest BCUT2D eigenvalue weighted by atomic mass is 16.3. The van der Waals surface area contributed by atoms with Crippen molar-refractivity contribution < 1.29 is 5.11 Å². The molecule has 112 valence electrons. The van der Waals surface area contributed by atoms with Crippen LogP contribution < -0.4 is 5.73 Å². The van der Waals surface area contributed by atoms with Crippen molar-refractivity contribution in [2.45, 2.75) is 63.8 Å². The van der Waals surface area contributed by atoms with Gasteiger partial charge in [0.2, 0.25) is 0 Å². The van der Waals surface area contributed by atoms with Crippen LogP contribution in [0.3, 0.4) is 0 Å². The second kappa shape index (κ2) is 8.43. The van der Waals surface area contributed by atoms with E-state index in [0.29, 0.717) is 0 Å². The fourth-order valence-corrected chi connectivity index (χ4v) is 3.45. The molecule has 0 aromatic heterocycles. The first-order valence-electron chi connectivity index (χ1n) is 8.25. The van der Waals surface area contributed by atoms with Gasteiger partial charge >= 0.3 is 0 Å². The van der Waals surface area contributed by atoms with Crippen LogP contribution >= 0.6 is 0 Å². The van der Waals surface area contributed by atoms with Gasteiger partial charge in [0.15, 0.2) is 0 Å². The van der Waals surface area contributed by atoms with Crippen molar-refractivity contribution in [3.8, 4) is 0 Å². The molecule has 1 fully saturated rings. The first-order valence-corrected chi connectivity index (χ1v) is 8.25. The molecule has 1 aromatic carbocycles. The quantitative estimate of drug-likeness (QED) is 0.740. The van der Waals surface area contributed by atoms with Gasteiger partial charge < -0.3 is 10.8 Å². The van der Waals surface area contributed by atoms with E-state index in [0.717, 1.165) is 17.9 Å². The maximum atomic E-state index is 9.23. The maximum absolute atomic E-state index is 9.23. The molecule has 1 atom stereocenters. The van der Waals surface area contributed by atoms with Gasteiger partial charge in [0.25, 0.3) is 0 Å². The Bertz CT molecular complexity index is 385. The van der Waals surface area contributed by atoms with Gasteiger partial charge in [-0.05, 0) is 29.9 Å². The molecule has 0 aliphatic heterocycles. The third-order valence-electron chi connectivity index (χ3n) is 4.68. The van der Waals surface area contributed by atoms with Gasteiger partial charge in [-0.2, -0.15) is 0 Å². The number of nitrogens with two attached hydrogens (primary N) is 1. The molecule has 1 aromatic rings. The largest absolute Gasteiger partial charge is 0.394 e. The van der Waals surface area contributed by atoms with Gasteiger partial charge in [-0.3, -0.25) is 0 Å². The zero-order chi connectivity index (χ0) is 14.2. The van der Waals surface area contributed by atoms with Gasteiger partial charge in [-0.25, -0.2) is 0 Å². The van der Waals surface area contributed by atoms with E-state index in [2.05, 4.69) is 18.2 Å². The topological polar surface area (TPSA) is 46.2 Å². The molecule has 3 N–H and O–H groups in total. The Hall–Kier alpha value is -0.860. The molecule has 0 heterocycles. The number of hydrogen-bond acceptors (Lipinski definition) is 2. The van der Waals surface area contributed by atoms with Crippen LogP contribution in [0.2, 0.25) is 0 Å². The van der Waals surface area contributed by atoms with Crippen molar-refractivity contribution in [1.82, 2.24) is 0 Å². The Labute approximate surface area is 123 Å². The van der Waals surface area contributed by atoms with Crippen molar-refractivity contribution in [2.75, 3.05) is 6.61 Å². The van der Waals surface area contributed by atoms with Gasteiger partial charge in [0.1, 0.15) is 0 Å². The van der Waals surface area contributed by atoms with E-state index in [1.54, 1.807) is 0 Å². The Morgan fingerprint density at radius 1 is 1.10 bits per heavy atom. The van der Waals surface area contributed by atoms with Crippen molar-refractivity contribution in [2.24, 2.45) is 11.7 Å². The lowest BCUT2D eigenvalue weighted by atomic mass is 9.85. The molecule has 1 aliphatic rings. The number of aryl methyl sites for hydroxylation is 1. The predicted octanol–water partition coefficient (Wildman–Crippen LogP) is 3.97. The van der Waals surface area contributed by atoms with Crippen molar-refractivity contribution in [3.63, 3.8) is 0 Å². The van der Waals surface area contributed by atoms with Gasteiger partial charge in [-0.1, -0.05) is 69.2 Å². The second-order valence-electron chi connectivity index (χ2n) is 6.24. The van der Waals surface area contributed by atoms with Crippen LogP contribution in [0.1, 0.15) is 68.5 Å². The summed E-state index contributed by atoms with van der Waals surface area (Å²) in [5, 5.41) is 9.23. The third-order valence-corrected chi connectivity index (χ3v) is 4.68. The molecule has 1 saturated carbocycles. The minimum absolute atomic E-state index is 0.0269. The van der Waals surface area contributed by atoms with E-state index < -0.39 is 0 Å². The summed E-state index contributed by atoms with van der Waals surface area (Å²) >= 11 is 0.